The highest BCUT2D eigenvalue weighted by Crippen LogP contribution is 2.11. The van der Waals surface area contributed by atoms with E-state index in [4.69, 9.17) is 0 Å². The predicted molar refractivity (Wildman–Crippen MR) is 72.3 cm³/mol. The Bertz CT molecular complexity index is 694. The third-order valence-electron chi connectivity index (χ3n) is 2.56. The lowest BCUT2D eigenvalue weighted by molar-refractivity contribution is 0.0981. The van der Waals surface area contributed by atoms with Gasteiger partial charge in [0.05, 0.1) is 4.90 Å². The highest BCUT2D eigenvalue weighted by molar-refractivity contribution is 7.90. The maximum atomic E-state index is 12.0. The molecule has 0 fully saturated rings. The Morgan fingerprint density at radius 1 is 1.00 bits per heavy atom. The van der Waals surface area contributed by atoms with E-state index in [1.807, 2.05) is 4.72 Å². The predicted octanol–water partition coefficient (Wildman–Crippen LogP) is 2.11. The van der Waals surface area contributed by atoms with Crippen molar-refractivity contribution in [1.82, 2.24) is 4.72 Å². The average Bonchev–Trinajstić information content (AvgIpc) is 2.39. The first-order valence-corrected chi connectivity index (χ1v) is 7.16. The zero-order valence-electron chi connectivity index (χ0n) is 10.3. The van der Waals surface area contributed by atoms with E-state index in [0.717, 1.165) is 5.56 Å². The number of aryl methyl sites for hydroxylation is 1. The van der Waals surface area contributed by atoms with Crippen LogP contribution in [-0.2, 0) is 10.0 Å². The number of rotatable bonds is 3. The second-order valence-electron chi connectivity index (χ2n) is 4.12. The monoisotopic (exact) mass is 275 g/mol. The molecule has 0 spiro atoms. The Morgan fingerprint density at radius 3 is 2.32 bits per heavy atom. The maximum absolute atomic E-state index is 12.0. The smallest absolute Gasteiger partial charge is 0.264 e. The van der Waals surface area contributed by atoms with Gasteiger partial charge in [0, 0.05) is 5.56 Å². The van der Waals surface area contributed by atoms with Crippen LogP contribution in [-0.4, -0.2) is 14.3 Å². The molecule has 0 aliphatic rings. The summed E-state index contributed by atoms with van der Waals surface area (Å²) in [7, 11) is -3.83. The van der Waals surface area contributed by atoms with Crippen molar-refractivity contribution in [3.8, 4) is 0 Å². The molecule has 19 heavy (non-hydrogen) atoms. The molecule has 2 rings (SSSR count). The first kappa shape index (κ1) is 13.3. The molecule has 0 aromatic heterocycles. The number of amides is 1. The first-order chi connectivity index (χ1) is 8.99. The van der Waals surface area contributed by atoms with Crippen LogP contribution in [0.15, 0.2) is 59.5 Å². The second kappa shape index (κ2) is 5.24. The highest BCUT2D eigenvalue weighted by atomic mass is 32.2. The number of carbonyl (C=O) groups excluding carboxylic acids is 1. The molecular weight excluding hydrogens is 262 g/mol. The molecule has 5 heteroatoms. The summed E-state index contributed by atoms with van der Waals surface area (Å²) in [4.78, 5) is 11.9. The molecule has 98 valence electrons. The van der Waals surface area contributed by atoms with Crippen LogP contribution in [0.3, 0.4) is 0 Å². The van der Waals surface area contributed by atoms with Gasteiger partial charge in [0.2, 0.25) is 0 Å². The van der Waals surface area contributed by atoms with Crippen molar-refractivity contribution in [3.05, 3.63) is 65.7 Å². The number of hydrogen-bond donors (Lipinski definition) is 1. The molecule has 2 aromatic rings. The minimum absolute atomic E-state index is 0.0804. The summed E-state index contributed by atoms with van der Waals surface area (Å²) >= 11 is 0. The fourth-order valence-corrected chi connectivity index (χ4v) is 2.69. The van der Waals surface area contributed by atoms with Gasteiger partial charge in [-0.2, -0.15) is 0 Å². The minimum Gasteiger partial charge on any atom is -0.268 e. The van der Waals surface area contributed by atoms with Crippen LogP contribution in [0.4, 0.5) is 0 Å². The lowest BCUT2D eigenvalue weighted by atomic mass is 10.2. The van der Waals surface area contributed by atoms with E-state index in [-0.39, 0.29) is 4.90 Å². The minimum atomic E-state index is -3.83. The van der Waals surface area contributed by atoms with E-state index < -0.39 is 15.9 Å². The largest absolute Gasteiger partial charge is 0.268 e. The Hall–Kier alpha value is -2.14. The van der Waals surface area contributed by atoms with E-state index in [9.17, 15) is 13.2 Å². The van der Waals surface area contributed by atoms with Gasteiger partial charge < -0.3 is 0 Å². The van der Waals surface area contributed by atoms with Crippen molar-refractivity contribution >= 4 is 15.9 Å². The van der Waals surface area contributed by atoms with Crippen molar-refractivity contribution < 1.29 is 13.2 Å². The van der Waals surface area contributed by atoms with Gasteiger partial charge in [0.15, 0.2) is 0 Å². The van der Waals surface area contributed by atoms with E-state index in [2.05, 4.69) is 0 Å². The van der Waals surface area contributed by atoms with Crippen LogP contribution in [0.25, 0.3) is 0 Å². The summed E-state index contributed by atoms with van der Waals surface area (Å²) in [5.74, 6) is -0.637. The molecule has 0 radical (unpaired) electrons. The summed E-state index contributed by atoms with van der Waals surface area (Å²) in [5, 5.41) is 0. The molecule has 1 amide bonds. The van der Waals surface area contributed by atoms with Crippen LogP contribution in [0.1, 0.15) is 15.9 Å². The fourth-order valence-electron chi connectivity index (χ4n) is 1.61. The molecular formula is C14H13NO3S. The molecule has 2 aromatic carbocycles. The average molecular weight is 275 g/mol. The summed E-state index contributed by atoms with van der Waals surface area (Å²) in [6, 6.07) is 14.6. The molecule has 0 aliphatic heterocycles. The molecule has 0 heterocycles. The second-order valence-corrected chi connectivity index (χ2v) is 5.80. The van der Waals surface area contributed by atoms with E-state index in [1.165, 1.54) is 12.1 Å². The fraction of sp³-hybridized carbons (Fsp3) is 0.0714. The molecule has 0 saturated carbocycles. The standard InChI is InChI=1S/C14H13NO3S/c1-11-6-5-9-13(10-11)19(17,18)15-14(16)12-7-3-2-4-8-12/h2-10H,1H3,(H,15,16). The van der Waals surface area contributed by atoms with Gasteiger partial charge in [-0.15, -0.1) is 0 Å². The number of hydrogen-bond acceptors (Lipinski definition) is 3. The zero-order valence-corrected chi connectivity index (χ0v) is 11.1. The number of nitrogens with one attached hydrogen (secondary N) is 1. The number of sulfonamides is 1. The molecule has 0 unspecified atom stereocenters. The lowest BCUT2D eigenvalue weighted by Gasteiger charge is -2.07. The molecule has 0 saturated heterocycles. The van der Waals surface area contributed by atoms with Crippen molar-refractivity contribution in [2.75, 3.05) is 0 Å². The van der Waals surface area contributed by atoms with Crippen molar-refractivity contribution in [3.63, 3.8) is 0 Å². The van der Waals surface area contributed by atoms with Gasteiger partial charge in [-0.3, -0.25) is 4.79 Å². The summed E-state index contributed by atoms with van der Waals surface area (Å²) < 4.78 is 26.1. The molecule has 4 nitrogen and oxygen atoms in total. The van der Waals surface area contributed by atoms with Gasteiger partial charge in [0.25, 0.3) is 15.9 Å². The number of benzene rings is 2. The van der Waals surface area contributed by atoms with E-state index in [0.29, 0.717) is 5.56 Å². The molecule has 0 atom stereocenters. The summed E-state index contributed by atoms with van der Waals surface area (Å²) in [6.07, 6.45) is 0. The van der Waals surface area contributed by atoms with Gasteiger partial charge in [-0.25, -0.2) is 13.1 Å². The van der Waals surface area contributed by atoms with Crippen molar-refractivity contribution in [2.45, 2.75) is 11.8 Å². The SMILES string of the molecule is Cc1cccc(S(=O)(=O)NC(=O)c2ccccc2)c1. The Morgan fingerprint density at radius 2 is 1.68 bits per heavy atom. The highest BCUT2D eigenvalue weighted by Gasteiger charge is 2.18. The third-order valence-corrected chi connectivity index (χ3v) is 3.89. The molecule has 0 aliphatic carbocycles. The van der Waals surface area contributed by atoms with Crippen LogP contribution in [0, 0.1) is 6.92 Å². The summed E-state index contributed by atoms with van der Waals surface area (Å²) in [6.45, 7) is 1.79. The van der Waals surface area contributed by atoms with Crippen LogP contribution in [0.5, 0.6) is 0 Å². The third kappa shape index (κ3) is 3.20. The van der Waals surface area contributed by atoms with Gasteiger partial charge in [-0.1, -0.05) is 30.3 Å². The Kier molecular flexibility index (Phi) is 3.66. The van der Waals surface area contributed by atoms with Gasteiger partial charge in [0.1, 0.15) is 0 Å². The van der Waals surface area contributed by atoms with Crippen LogP contribution >= 0.6 is 0 Å². The van der Waals surface area contributed by atoms with E-state index >= 15 is 0 Å². The number of carbonyl (C=O) groups is 1. The van der Waals surface area contributed by atoms with Crippen molar-refractivity contribution in [1.29, 1.82) is 0 Å². The summed E-state index contributed by atoms with van der Waals surface area (Å²) in [5.41, 5.74) is 1.12. The quantitative estimate of drug-likeness (QED) is 0.933. The van der Waals surface area contributed by atoms with Gasteiger partial charge in [-0.05, 0) is 36.8 Å². The lowest BCUT2D eigenvalue weighted by Crippen LogP contribution is -2.30. The van der Waals surface area contributed by atoms with Crippen molar-refractivity contribution in [2.24, 2.45) is 0 Å². The Labute approximate surface area is 112 Å². The first-order valence-electron chi connectivity index (χ1n) is 5.68. The van der Waals surface area contributed by atoms with Crippen LogP contribution in [0.2, 0.25) is 0 Å². The maximum Gasteiger partial charge on any atom is 0.264 e. The molecule has 0 bridgehead atoms. The normalized spacial score (nSPS) is 11.0. The van der Waals surface area contributed by atoms with Gasteiger partial charge >= 0.3 is 0 Å². The van der Waals surface area contributed by atoms with Crippen LogP contribution < -0.4 is 4.72 Å². The van der Waals surface area contributed by atoms with E-state index in [1.54, 1.807) is 49.4 Å². The Balaban J connectivity index is 2.25. The topological polar surface area (TPSA) is 63.2 Å². The molecule has 1 N–H and O–H groups in total. The zero-order chi connectivity index (χ0) is 13.9.